The number of hydroxylamine groups is 4. The van der Waals surface area contributed by atoms with Gasteiger partial charge in [0.1, 0.15) is 22.8 Å². The minimum atomic E-state index is 0. The molecule has 0 aliphatic carbocycles. The minimum absolute atomic E-state index is 0. The van der Waals surface area contributed by atoms with Crippen molar-refractivity contribution in [2.24, 2.45) is 20.7 Å². The third-order valence-corrected chi connectivity index (χ3v) is 10.7. The maximum Gasteiger partial charge on any atom is 0.141 e. The van der Waals surface area contributed by atoms with E-state index in [0.29, 0.717) is 44.5 Å². The Morgan fingerprint density at radius 2 is 0.405 bits per heavy atom. The number of hydrogen-bond acceptors (Lipinski definition) is 18. The minimum Gasteiger partial charge on any atom is -0.346 e. The second-order valence-electron chi connectivity index (χ2n) is 15.5. The molecule has 1 aromatic heterocycles. The number of nitroso groups, excluding NO2 is 4. The smallest absolute Gasteiger partial charge is 0.141 e. The Morgan fingerprint density at radius 3 is 0.512 bits per heavy atom. The molecule has 18 nitrogen and oxygen atoms in total. The molecule has 0 unspecified atom stereocenters. The van der Waals surface area contributed by atoms with Crippen LogP contribution in [-0.4, -0.2) is 30.8 Å². The molecular weight excluding hydrogens is 1150 g/mol. The third-order valence-electron chi connectivity index (χ3n) is 10.7. The Balaban J connectivity index is 0.000000526. The first-order chi connectivity index (χ1) is 40.5. The number of aromatic nitrogens is 2. The normalized spacial score (nSPS) is 10.7. The van der Waals surface area contributed by atoms with Gasteiger partial charge in [-0.25, -0.2) is 0 Å². The van der Waals surface area contributed by atoms with Gasteiger partial charge in [0.05, 0.1) is 22.8 Å². The van der Waals surface area contributed by atoms with E-state index in [2.05, 4.69) is 66.4 Å². The first kappa shape index (κ1) is 72.3. The summed E-state index contributed by atoms with van der Waals surface area (Å²) in [5.74, 6) is 0. The number of nitrogens with one attached hydrogen (secondary N) is 4. The van der Waals surface area contributed by atoms with Crippen molar-refractivity contribution >= 4 is 45.6 Å². The van der Waals surface area contributed by atoms with Crippen molar-refractivity contribution in [2.45, 2.75) is 13.8 Å². The number of hydrogen-bond donors (Lipinski definition) is 8. The van der Waals surface area contributed by atoms with Crippen molar-refractivity contribution in [2.75, 3.05) is 0 Å². The molecule has 9 rings (SSSR count). The molecule has 436 valence electrons. The van der Waals surface area contributed by atoms with E-state index in [9.17, 15) is 40.5 Å². The van der Waals surface area contributed by atoms with Crippen molar-refractivity contribution in [3.8, 4) is 0 Å². The topological polar surface area (TPSA) is 273 Å². The van der Waals surface area contributed by atoms with E-state index in [0.717, 1.165) is 0 Å². The fourth-order valence-corrected chi connectivity index (χ4v) is 7.04. The number of nitrogens with zero attached hydrogens (tertiary/aromatic N) is 6. The van der Waals surface area contributed by atoms with Gasteiger partial charge < -0.3 is 13.8 Å². The summed E-state index contributed by atoms with van der Waals surface area (Å²) in [7, 11) is 0. The Morgan fingerprint density at radius 1 is 0.274 bits per heavy atom. The molecule has 2 radical (unpaired) electrons. The van der Waals surface area contributed by atoms with Crippen molar-refractivity contribution in [1.82, 2.24) is 31.9 Å². The summed E-state index contributed by atoms with van der Waals surface area (Å²) >= 11 is 0. The Labute approximate surface area is 509 Å². The van der Waals surface area contributed by atoms with Gasteiger partial charge in [0.25, 0.3) is 0 Å². The molecule has 0 atom stereocenters. The van der Waals surface area contributed by atoms with Crippen LogP contribution in [0.4, 0.5) is 0 Å². The summed E-state index contributed by atoms with van der Waals surface area (Å²) in [6.07, 6.45) is 6.56. The predicted octanol–water partition coefficient (Wildman–Crippen LogP) is 15.2. The monoisotopic (exact) mass is 1220 g/mol. The van der Waals surface area contributed by atoms with Gasteiger partial charge in [-0.1, -0.05) is 243 Å². The predicted molar refractivity (Wildman–Crippen MR) is 326 cm³/mol. The van der Waals surface area contributed by atoms with Crippen LogP contribution in [0.2, 0.25) is 0 Å². The van der Waals surface area contributed by atoms with E-state index >= 15 is 0 Å². The van der Waals surface area contributed by atoms with E-state index in [1.165, 1.54) is 0 Å². The molecule has 0 saturated heterocycles. The summed E-state index contributed by atoms with van der Waals surface area (Å²) in [4.78, 5) is 51.5. The largest absolute Gasteiger partial charge is 0.346 e. The first-order valence-corrected chi connectivity index (χ1v) is 24.9. The maximum atomic E-state index is 11.0. The number of benzene rings is 8. The second-order valence-corrected chi connectivity index (χ2v) is 15.5. The molecule has 0 amide bonds. The standard InChI is InChI=1S/4C14H12N2O2.C4H4N2.2C2H5.2Co/c4*17-15-13(11-7-3-1-4-8-11)14(16-18)12-9-5-2-6-10-12;1-2-6-4-3-5-1;2*1-2;;/h4*1-10,15,17H;1-4H;2*1H2,2H3;;/q;;;;;2*-1;;/b4*14-13-;;;;;. The van der Waals surface area contributed by atoms with Crippen LogP contribution in [0, 0.1) is 33.5 Å². The van der Waals surface area contributed by atoms with Gasteiger partial charge in [-0.2, -0.15) is 13.8 Å². The van der Waals surface area contributed by atoms with E-state index in [-0.39, 0.29) is 79.1 Å². The van der Waals surface area contributed by atoms with Crippen molar-refractivity contribution < 1.29 is 54.4 Å². The van der Waals surface area contributed by atoms with E-state index in [1.807, 2.05) is 97.1 Å². The number of rotatable bonds is 16. The van der Waals surface area contributed by atoms with Gasteiger partial charge in [-0.3, -0.25) is 52.7 Å². The van der Waals surface area contributed by atoms with Crippen LogP contribution in [0.3, 0.4) is 0 Å². The fourth-order valence-electron chi connectivity index (χ4n) is 7.04. The van der Waals surface area contributed by atoms with Gasteiger partial charge in [0.15, 0.2) is 0 Å². The van der Waals surface area contributed by atoms with Crippen molar-refractivity contribution in [1.29, 1.82) is 0 Å². The molecule has 20 heteroatoms. The molecule has 9 aromatic rings. The molecule has 0 aliphatic rings. The van der Waals surface area contributed by atoms with E-state index in [4.69, 9.17) is 0 Å². The molecule has 0 aliphatic heterocycles. The molecule has 0 spiro atoms. The van der Waals surface area contributed by atoms with Gasteiger partial charge in [-0.15, -0.1) is 19.6 Å². The first-order valence-electron chi connectivity index (χ1n) is 24.9. The molecule has 0 bridgehead atoms. The molecular formula is C64H62Co2N10O8-2. The average molecular weight is 1220 g/mol. The van der Waals surface area contributed by atoms with Crippen LogP contribution in [-0.2, 0) is 33.6 Å². The quantitative estimate of drug-likeness (QED) is 0.0193. The van der Waals surface area contributed by atoms with Gasteiger partial charge in [0.2, 0.25) is 0 Å². The fraction of sp³-hybridized carbons (Fsp3) is 0.0312. The van der Waals surface area contributed by atoms with Crippen LogP contribution in [0.5, 0.6) is 0 Å². The molecule has 1 heterocycles. The van der Waals surface area contributed by atoms with E-state index in [1.54, 1.807) is 184 Å². The van der Waals surface area contributed by atoms with Gasteiger partial charge >= 0.3 is 0 Å². The second kappa shape index (κ2) is 44.9. The van der Waals surface area contributed by atoms with Crippen molar-refractivity contribution in [3.05, 3.63) is 345 Å². The molecule has 0 saturated carbocycles. The summed E-state index contributed by atoms with van der Waals surface area (Å²) in [6.45, 7) is 10.0. The van der Waals surface area contributed by atoms with Crippen LogP contribution < -0.4 is 21.9 Å². The van der Waals surface area contributed by atoms with Gasteiger partial charge in [0, 0.05) is 103 Å². The zero-order valence-corrected chi connectivity index (χ0v) is 47.7. The maximum absolute atomic E-state index is 11.0. The summed E-state index contributed by atoms with van der Waals surface area (Å²) in [5.41, 5.74) is 15.4. The van der Waals surface area contributed by atoms with Crippen LogP contribution in [0.1, 0.15) is 58.4 Å². The van der Waals surface area contributed by atoms with Crippen molar-refractivity contribution in [3.63, 3.8) is 0 Å². The zero-order valence-electron chi connectivity index (χ0n) is 45.6. The summed E-state index contributed by atoms with van der Waals surface area (Å²) in [5, 5.41) is 49.0. The Bertz CT molecular complexity index is 2880. The average Bonchev–Trinajstić information content (AvgIpc) is 3.61. The molecule has 0 fully saturated rings. The summed E-state index contributed by atoms with van der Waals surface area (Å²) in [6, 6.07) is 72.2. The zero-order chi connectivity index (χ0) is 59.4. The third kappa shape index (κ3) is 23.8. The van der Waals surface area contributed by atoms with Gasteiger partial charge in [-0.05, 0) is 20.7 Å². The molecule has 8 N–H and O–H groups in total. The molecule has 8 aromatic carbocycles. The Kier molecular flexibility index (Phi) is 38.7. The van der Waals surface area contributed by atoms with E-state index < -0.39 is 0 Å². The van der Waals surface area contributed by atoms with Crippen LogP contribution >= 0.6 is 0 Å². The summed E-state index contributed by atoms with van der Waals surface area (Å²) < 4.78 is 0. The SMILES string of the molecule is O=N/C(=C(\NO)c1ccccc1)c1ccccc1.O=N/C(=C(\NO)c1ccccc1)c1ccccc1.O=N/C(=C(\NO)c1ccccc1)c1ccccc1.O=N/C(=C(\NO)c1ccccc1)c1ccccc1.[CH2-]C.[CH2-]C.[Co].[Co].c1cnccn1. The molecule has 84 heavy (non-hydrogen) atoms. The van der Waals surface area contributed by atoms with Crippen LogP contribution in [0.25, 0.3) is 45.6 Å². The van der Waals surface area contributed by atoms with Crippen LogP contribution in [0.15, 0.2) is 288 Å². The Hall–Kier alpha value is -9.75.